The summed E-state index contributed by atoms with van der Waals surface area (Å²) >= 11 is 5.83. The number of nitrogens with one attached hydrogen (secondary N) is 1. The van der Waals surface area contributed by atoms with E-state index in [0.717, 1.165) is 0 Å². The molecule has 22 heavy (non-hydrogen) atoms. The van der Waals surface area contributed by atoms with Crippen LogP contribution in [0.15, 0.2) is 41.5 Å². The van der Waals surface area contributed by atoms with Gasteiger partial charge in [0.05, 0.1) is 23.9 Å². The second kappa shape index (κ2) is 6.91. The minimum Gasteiger partial charge on any atom is -0.503 e. The van der Waals surface area contributed by atoms with Crippen molar-refractivity contribution in [3.05, 3.63) is 58.4 Å². The third-order valence-corrected chi connectivity index (χ3v) is 3.06. The molecule has 7 heteroatoms. The lowest BCUT2D eigenvalue weighted by Gasteiger charge is -2.06. The van der Waals surface area contributed by atoms with E-state index in [1.54, 1.807) is 6.07 Å². The van der Waals surface area contributed by atoms with Gasteiger partial charge < -0.3 is 9.84 Å². The number of rotatable bonds is 4. The number of amides is 1. The Morgan fingerprint density at radius 3 is 2.82 bits per heavy atom. The summed E-state index contributed by atoms with van der Waals surface area (Å²) in [5.41, 5.74) is 2.59. The molecule has 0 saturated heterocycles. The molecule has 0 fully saturated rings. The lowest BCUT2D eigenvalue weighted by molar-refractivity contribution is 0.0951. The highest BCUT2D eigenvalue weighted by molar-refractivity contribution is 6.32. The summed E-state index contributed by atoms with van der Waals surface area (Å²) in [7, 11) is 1.38. The van der Waals surface area contributed by atoms with E-state index in [9.17, 15) is 14.3 Å². The van der Waals surface area contributed by atoms with Crippen LogP contribution in [0.5, 0.6) is 11.5 Å². The van der Waals surface area contributed by atoms with Crippen molar-refractivity contribution in [1.82, 2.24) is 5.43 Å². The second-order valence-corrected chi connectivity index (χ2v) is 4.64. The molecule has 114 valence electrons. The summed E-state index contributed by atoms with van der Waals surface area (Å²) in [6.07, 6.45) is 1.30. The van der Waals surface area contributed by atoms with Crippen molar-refractivity contribution in [2.75, 3.05) is 7.11 Å². The van der Waals surface area contributed by atoms with Gasteiger partial charge in [-0.1, -0.05) is 23.7 Å². The van der Waals surface area contributed by atoms with E-state index in [2.05, 4.69) is 10.5 Å². The highest BCUT2D eigenvalue weighted by atomic mass is 35.5. The summed E-state index contributed by atoms with van der Waals surface area (Å²) < 4.78 is 18.4. The second-order valence-electron chi connectivity index (χ2n) is 4.23. The maximum atomic E-state index is 13.4. The fourth-order valence-corrected chi connectivity index (χ4v) is 1.91. The smallest absolute Gasteiger partial charge is 0.274 e. The van der Waals surface area contributed by atoms with Crippen LogP contribution < -0.4 is 10.2 Å². The van der Waals surface area contributed by atoms with E-state index in [0.29, 0.717) is 5.56 Å². The molecule has 0 radical (unpaired) electrons. The predicted molar refractivity (Wildman–Crippen MR) is 81.1 cm³/mol. The number of aromatic hydroxyl groups is 1. The minimum atomic E-state index is -0.675. The third kappa shape index (κ3) is 3.53. The number of halogens is 2. The first-order chi connectivity index (χ1) is 10.5. The average molecular weight is 323 g/mol. The lowest BCUT2D eigenvalue weighted by Crippen LogP contribution is -2.18. The van der Waals surface area contributed by atoms with Crippen LogP contribution in [-0.4, -0.2) is 24.3 Å². The molecule has 0 bridgehead atoms. The number of methoxy groups -OCH3 is 1. The van der Waals surface area contributed by atoms with E-state index in [-0.39, 0.29) is 22.1 Å². The maximum absolute atomic E-state index is 13.4. The van der Waals surface area contributed by atoms with E-state index >= 15 is 0 Å². The molecular formula is C15H12ClFN2O3. The van der Waals surface area contributed by atoms with Crippen molar-refractivity contribution < 1.29 is 19.0 Å². The SMILES string of the molecule is COc1cc(/C=N/NC(=O)c2ccccc2F)cc(Cl)c1O. The molecule has 0 aliphatic heterocycles. The van der Waals surface area contributed by atoms with Crippen molar-refractivity contribution >= 4 is 23.7 Å². The molecule has 0 aliphatic carbocycles. The maximum Gasteiger partial charge on any atom is 0.274 e. The monoisotopic (exact) mass is 322 g/mol. The Morgan fingerprint density at radius 1 is 1.41 bits per heavy atom. The lowest BCUT2D eigenvalue weighted by atomic mass is 10.2. The van der Waals surface area contributed by atoms with E-state index < -0.39 is 11.7 Å². The van der Waals surface area contributed by atoms with Gasteiger partial charge in [0.15, 0.2) is 11.5 Å². The zero-order valence-corrected chi connectivity index (χ0v) is 12.3. The van der Waals surface area contributed by atoms with Crippen molar-refractivity contribution in [3.8, 4) is 11.5 Å². The minimum absolute atomic E-state index is 0.0845. The number of hydrogen-bond donors (Lipinski definition) is 2. The van der Waals surface area contributed by atoms with Gasteiger partial charge in [0.2, 0.25) is 0 Å². The van der Waals surface area contributed by atoms with Gasteiger partial charge >= 0.3 is 0 Å². The van der Waals surface area contributed by atoms with Crippen LogP contribution in [0.25, 0.3) is 0 Å². The molecule has 0 spiro atoms. The first-order valence-corrected chi connectivity index (χ1v) is 6.55. The Hall–Kier alpha value is -2.60. The van der Waals surface area contributed by atoms with Gasteiger partial charge in [-0.25, -0.2) is 9.82 Å². The molecule has 0 heterocycles. The summed E-state index contributed by atoms with van der Waals surface area (Å²) in [6, 6.07) is 8.49. The standard InChI is InChI=1S/C15H12ClFN2O3/c1-22-13-7-9(6-11(16)14(13)20)8-18-19-15(21)10-4-2-3-5-12(10)17/h2-8,20H,1H3,(H,19,21)/b18-8+. The molecular weight excluding hydrogens is 311 g/mol. The highest BCUT2D eigenvalue weighted by Crippen LogP contribution is 2.34. The highest BCUT2D eigenvalue weighted by Gasteiger charge is 2.10. The molecule has 0 aliphatic rings. The molecule has 2 rings (SSSR count). The Morgan fingerprint density at radius 2 is 2.14 bits per heavy atom. The topological polar surface area (TPSA) is 70.9 Å². The van der Waals surface area contributed by atoms with Crippen LogP contribution in [0.1, 0.15) is 15.9 Å². The molecule has 0 unspecified atom stereocenters. The van der Waals surface area contributed by atoms with E-state index in [1.807, 2.05) is 0 Å². The molecule has 2 aromatic carbocycles. The van der Waals surface area contributed by atoms with Gasteiger partial charge in [-0.3, -0.25) is 4.79 Å². The first kappa shape index (κ1) is 15.8. The van der Waals surface area contributed by atoms with E-state index in [1.165, 1.54) is 43.7 Å². The normalized spacial score (nSPS) is 10.7. The van der Waals surface area contributed by atoms with Crippen molar-refractivity contribution in [2.24, 2.45) is 5.10 Å². The number of nitrogens with zero attached hydrogens (tertiary/aromatic N) is 1. The number of hydrazone groups is 1. The number of carbonyl (C=O) groups excluding carboxylic acids is 1. The quantitative estimate of drug-likeness (QED) is 0.671. The van der Waals surface area contributed by atoms with Gasteiger partial charge in [0, 0.05) is 0 Å². The Kier molecular flexibility index (Phi) is 4.95. The average Bonchev–Trinajstić information content (AvgIpc) is 2.50. The largest absolute Gasteiger partial charge is 0.503 e. The molecule has 0 aromatic heterocycles. The predicted octanol–water partition coefficient (Wildman–Crippen LogP) is 2.96. The third-order valence-electron chi connectivity index (χ3n) is 2.77. The van der Waals surface area contributed by atoms with Crippen molar-refractivity contribution in [1.29, 1.82) is 0 Å². The molecule has 5 nitrogen and oxygen atoms in total. The van der Waals surface area contributed by atoms with Gasteiger partial charge in [0.25, 0.3) is 5.91 Å². The van der Waals surface area contributed by atoms with Crippen LogP contribution in [0.2, 0.25) is 5.02 Å². The number of ether oxygens (including phenoxy) is 1. The molecule has 2 aromatic rings. The molecule has 0 atom stereocenters. The van der Waals surface area contributed by atoms with Gasteiger partial charge in [-0.15, -0.1) is 0 Å². The van der Waals surface area contributed by atoms with Gasteiger partial charge in [-0.05, 0) is 29.8 Å². The summed E-state index contributed by atoms with van der Waals surface area (Å²) in [6.45, 7) is 0. The molecule has 2 N–H and O–H groups in total. The molecule has 0 saturated carbocycles. The Bertz CT molecular complexity index is 735. The number of carbonyl (C=O) groups is 1. The number of phenols is 1. The summed E-state index contributed by atoms with van der Waals surface area (Å²) in [4.78, 5) is 11.7. The van der Waals surface area contributed by atoms with Crippen LogP contribution in [-0.2, 0) is 0 Å². The number of benzene rings is 2. The number of hydrogen-bond acceptors (Lipinski definition) is 4. The van der Waals surface area contributed by atoms with Gasteiger partial charge in [0.1, 0.15) is 5.82 Å². The zero-order chi connectivity index (χ0) is 16.1. The number of phenolic OH excluding ortho intramolecular Hbond substituents is 1. The van der Waals surface area contributed by atoms with Crippen molar-refractivity contribution in [3.63, 3.8) is 0 Å². The van der Waals surface area contributed by atoms with Crippen LogP contribution >= 0.6 is 11.6 Å². The summed E-state index contributed by atoms with van der Waals surface area (Å²) in [5, 5.41) is 13.4. The fourth-order valence-electron chi connectivity index (χ4n) is 1.69. The van der Waals surface area contributed by atoms with Crippen LogP contribution in [0, 0.1) is 5.82 Å². The summed E-state index contributed by atoms with van der Waals surface area (Å²) in [5.74, 6) is -1.32. The van der Waals surface area contributed by atoms with Crippen molar-refractivity contribution in [2.45, 2.75) is 0 Å². The van der Waals surface area contributed by atoms with Crippen LogP contribution in [0.3, 0.4) is 0 Å². The van der Waals surface area contributed by atoms with Gasteiger partial charge in [-0.2, -0.15) is 5.10 Å². The fraction of sp³-hybridized carbons (Fsp3) is 0.0667. The van der Waals surface area contributed by atoms with E-state index in [4.69, 9.17) is 16.3 Å². The molecule has 1 amide bonds. The Labute approximate surface area is 131 Å². The Balaban J connectivity index is 2.12. The zero-order valence-electron chi connectivity index (χ0n) is 11.5. The first-order valence-electron chi connectivity index (χ1n) is 6.17. The van der Waals surface area contributed by atoms with Crippen LogP contribution in [0.4, 0.5) is 4.39 Å².